The van der Waals surface area contributed by atoms with Crippen LogP contribution in [-0.4, -0.2) is 10.1 Å². The summed E-state index contributed by atoms with van der Waals surface area (Å²) in [5, 5.41) is 10.6. The van der Waals surface area contributed by atoms with Crippen molar-refractivity contribution in [1.82, 2.24) is 4.98 Å². The van der Waals surface area contributed by atoms with E-state index in [0.717, 1.165) is 5.56 Å². The molecule has 1 unspecified atom stereocenters. The van der Waals surface area contributed by atoms with Crippen LogP contribution in [0.2, 0.25) is 5.02 Å². The van der Waals surface area contributed by atoms with Gasteiger partial charge < -0.3 is 5.11 Å². The second kappa shape index (κ2) is 5.30. The van der Waals surface area contributed by atoms with Crippen molar-refractivity contribution < 1.29 is 5.11 Å². The van der Waals surface area contributed by atoms with E-state index < -0.39 is 6.10 Å². The highest BCUT2D eigenvalue weighted by molar-refractivity contribution is 6.30. The number of nitrogens with zero attached hydrogens (tertiary/aromatic N) is 1. The molecule has 2 nitrogen and oxygen atoms in total. The molecular weight excluding hydrogens is 234 g/mol. The van der Waals surface area contributed by atoms with Crippen LogP contribution in [0, 0.1) is 6.92 Å². The van der Waals surface area contributed by atoms with E-state index in [1.165, 1.54) is 5.56 Å². The third-order valence-corrected chi connectivity index (χ3v) is 2.83. The summed E-state index contributed by atoms with van der Waals surface area (Å²) in [6.45, 7) is 2.04. The fourth-order valence-electron chi connectivity index (χ4n) is 1.75. The van der Waals surface area contributed by atoms with E-state index in [1.54, 1.807) is 18.3 Å². The van der Waals surface area contributed by atoms with Gasteiger partial charge in [-0.25, -0.2) is 0 Å². The van der Waals surface area contributed by atoms with Crippen molar-refractivity contribution in [2.75, 3.05) is 0 Å². The molecule has 1 aromatic heterocycles. The molecule has 1 heterocycles. The molecule has 17 heavy (non-hydrogen) atoms. The van der Waals surface area contributed by atoms with E-state index in [9.17, 15) is 5.11 Å². The summed E-state index contributed by atoms with van der Waals surface area (Å²) in [7, 11) is 0. The van der Waals surface area contributed by atoms with Gasteiger partial charge in [0.15, 0.2) is 0 Å². The number of benzene rings is 1. The summed E-state index contributed by atoms with van der Waals surface area (Å²) in [6.07, 6.45) is 1.53. The minimum atomic E-state index is -0.589. The highest BCUT2D eigenvalue weighted by atomic mass is 35.5. The number of hydrogen-bond donors (Lipinski definition) is 1. The Kier molecular flexibility index (Phi) is 3.77. The molecule has 1 N–H and O–H groups in total. The van der Waals surface area contributed by atoms with Crippen LogP contribution < -0.4 is 0 Å². The first-order valence-electron chi connectivity index (χ1n) is 5.50. The van der Waals surface area contributed by atoms with E-state index in [1.807, 2.05) is 25.1 Å². The van der Waals surface area contributed by atoms with E-state index in [0.29, 0.717) is 17.1 Å². The van der Waals surface area contributed by atoms with Crippen molar-refractivity contribution >= 4 is 11.6 Å². The second-order valence-electron chi connectivity index (χ2n) is 4.11. The number of aryl methyl sites for hydroxylation is 1. The van der Waals surface area contributed by atoms with Crippen LogP contribution in [0.15, 0.2) is 42.6 Å². The van der Waals surface area contributed by atoms with E-state index >= 15 is 0 Å². The van der Waals surface area contributed by atoms with Crippen LogP contribution >= 0.6 is 11.6 Å². The van der Waals surface area contributed by atoms with Crippen molar-refractivity contribution in [3.05, 3.63) is 64.4 Å². The molecule has 0 aliphatic heterocycles. The van der Waals surface area contributed by atoms with E-state index in [4.69, 9.17) is 11.6 Å². The van der Waals surface area contributed by atoms with Crippen molar-refractivity contribution in [1.29, 1.82) is 0 Å². The maximum Gasteiger partial charge on any atom is 0.0999 e. The number of rotatable bonds is 3. The van der Waals surface area contributed by atoms with Crippen molar-refractivity contribution in [3.63, 3.8) is 0 Å². The van der Waals surface area contributed by atoms with Gasteiger partial charge in [-0.15, -0.1) is 0 Å². The number of aromatic nitrogens is 1. The molecule has 0 saturated carbocycles. The molecule has 1 atom stereocenters. The first kappa shape index (κ1) is 12.1. The molecule has 0 aliphatic rings. The largest absolute Gasteiger partial charge is 0.386 e. The lowest BCUT2D eigenvalue weighted by atomic mass is 10.0. The fraction of sp³-hybridized carbons (Fsp3) is 0.214. The first-order chi connectivity index (χ1) is 8.15. The molecule has 2 aromatic rings. The summed E-state index contributed by atoms with van der Waals surface area (Å²) in [5.74, 6) is 0. The lowest BCUT2D eigenvalue weighted by molar-refractivity contribution is 0.173. The molecule has 0 amide bonds. The SMILES string of the molecule is Cc1cccc(CC(O)c2ccc(Cl)cn2)c1. The highest BCUT2D eigenvalue weighted by Gasteiger charge is 2.09. The lowest BCUT2D eigenvalue weighted by Gasteiger charge is -2.10. The smallest absolute Gasteiger partial charge is 0.0999 e. The summed E-state index contributed by atoms with van der Waals surface area (Å²) >= 11 is 5.75. The number of pyridine rings is 1. The molecule has 0 radical (unpaired) electrons. The molecule has 2 rings (SSSR count). The Morgan fingerprint density at radius 2 is 2.12 bits per heavy atom. The predicted molar refractivity (Wildman–Crippen MR) is 69.1 cm³/mol. The van der Waals surface area contributed by atoms with Gasteiger partial charge >= 0.3 is 0 Å². The van der Waals surface area contributed by atoms with Crippen molar-refractivity contribution in [3.8, 4) is 0 Å². The maximum atomic E-state index is 10.1. The monoisotopic (exact) mass is 247 g/mol. The molecule has 0 aliphatic carbocycles. The molecule has 0 saturated heterocycles. The topological polar surface area (TPSA) is 33.1 Å². The Morgan fingerprint density at radius 1 is 1.29 bits per heavy atom. The minimum Gasteiger partial charge on any atom is -0.386 e. The summed E-state index contributed by atoms with van der Waals surface area (Å²) in [5.41, 5.74) is 2.95. The normalized spacial score (nSPS) is 12.4. The minimum absolute atomic E-state index is 0.566. The number of hydrogen-bond acceptors (Lipinski definition) is 2. The van der Waals surface area contributed by atoms with Crippen molar-refractivity contribution in [2.24, 2.45) is 0 Å². The summed E-state index contributed by atoms with van der Waals surface area (Å²) in [6, 6.07) is 11.6. The fourth-order valence-corrected chi connectivity index (χ4v) is 1.86. The van der Waals surface area contributed by atoms with Gasteiger partial charge in [0, 0.05) is 12.6 Å². The van der Waals surface area contributed by atoms with Crippen LogP contribution in [-0.2, 0) is 6.42 Å². The Labute approximate surface area is 106 Å². The Balaban J connectivity index is 2.11. The van der Waals surface area contributed by atoms with Gasteiger partial charge in [0.25, 0.3) is 0 Å². The average Bonchev–Trinajstić information content (AvgIpc) is 2.29. The van der Waals surface area contributed by atoms with Gasteiger partial charge in [-0.05, 0) is 24.6 Å². The lowest BCUT2D eigenvalue weighted by Crippen LogP contribution is -2.03. The molecule has 88 valence electrons. The molecule has 3 heteroatoms. The highest BCUT2D eigenvalue weighted by Crippen LogP contribution is 2.18. The van der Waals surface area contributed by atoms with Gasteiger partial charge in [-0.3, -0.25) is 4.98 Å². The number of aliphatic hydroxyl groups is 1. The third kappa shape index (κ3) is 3.29. The Bertz CT molecular complexity index is 496. The quantitative estimate of drug-likeness (QED) is 0.903. The van der Waals surface area contributed by atoms with Gasteiger partial charge in [0.2, 0.25) is 0 Å². The number of halogens is 1. The zero-order valence-corrected chi connectivity index (χ0v) is 10.4. The molecule has 0 spiro atoms. The summed E-state index contributed by atoms with van der Waals surface area (Å²) in [4.78, 5) is 4.11. The predicted octanol–water partition coefficient (Wildman–Crippen LogP) is 3.32. The Morgan fingerprint density at radius 3 is 2.76 bits per heavy atom. The standard InChI is InChI=1S/C14H14ClNO/c1-10-3-2-4-11(7-10)8-14(17)13-6-5-12(15)9-16-13/h2-7,9,14,17H,8H2,1H3. The van der Waals surface area contributed by atoms with E-state index in [2.05, 4.69) is 11.1 Å². The number of aliphatic hydroxyl groups excluding tert-OH is 1. The third-order valence-electron chi connectivity index (χ3n) is 2.60. The Hall–Kier alpha value is -1.38. The summed E-state index contributed by atoms with van der Waals surface area (Å²) < 4.78 is 0. The van der Waals surface area contributed by atoms with Gasteiger partial charge in [-0.2, -0.15) is 0 Å². The van der Waals surface area contributed by atoms with Crippen LogP contribution in [0.4, 0.5) is 0 Å². The van der Waals surface area contributed by atoms with Crippen LogP contribution in [0.3, 0.4) is 0 Å². The van der Waals surface area contributed by atoms with Crippen LogP contribution in [0.25, 0.3) is 0 Å². The van der Waals surface area contributed by atoms with Crippen LogP contribution in [0.1, 0.15) is 22.9 Å². The molecule has 0 bridgehead atoms. The molecule has 1 aromatic carbocycles. The first-order valence-corrected chi connectivity index (χ1v) is 5.88. The maximum absolute atomic E-state index is 10.1. The average molecular weight is 248 g/mol. The van der Waals surface area contributed by atoms with Gasteiger partial charge in [0.05, 0.1) is 16.8 Å². The van der Waals surface area contributed by atoms with Gasteiger partial charge in [0.1, 0.15) is 0 Å². The van der Waals surface area contributed by atoms with Gasteiger partial charge in [-0.1, -0.05) is 41.4 Å². The van der Waals surface area contributed by atoms with Crippen molar-refractivity contribution in [2.45, 2.75) is 19.4 Å². The molecular formula is C14H14ClNO. The second-order valence-corrected chi connectivity index (χ2v) is 4.55. The zero-order chi connectivity index (χ0) is 12.3. The zero-order valence-electron chi connectivity index (χ0n) is 9.60. The molecule has 0 fully saturated rings. The van der Waals surface area contributed by atoms with Crippen LogP contribution in [0.5, 0.6) is 0 Å². The van der Waals surface area contributed by atoms with E-state index in [-0.39, 0.29) is 0 Å².